The molecular formula is C43HB26N3O. The summed E-state index contributed by atoms with van der Waals surface area (Å²) in [5, 5.41) is 0.456. The van der Waals surface area contributed by atoms with Crippen molar-refractivity contribution in [3.63, 3.8) is 0 Å². The summed E-state index contributed by atoms with van der Waals surface area (Å²) in [6.45, 7) is 0. The molecule has 272 valence electrons. The number of furan rings is 1. The van der Waals surface area contributed by atoms with Crippen LogP contribution in [0.25, 0.3) is 89.1 Å². The van der Waals surface area contributed by atoms with Crippen molar-refractivity contribution in [3.05, 3.63) is 6.07 Å². The summed E-state index contributed by atoms with van der Waals surface area (Å²) in [4.78, 5) is 14.4. The lowest BCUT2D eigenvalue weighted by atomic mass is 9.55. The molecule has 0 spiro atoms. The minimum atomic E-state index is -0.297. The first-order valence-electron chi connectivity index (χ1n) is 21.1. The average Bonchev–Trinajstić information content (AvgIpc) is 3.74. The molecule has 0 aliphatic rings. The van der Waals surface area contributed by atoms with E-state index < -0.39 is 0 Å². The Morgan fingerprint density at radius 1 is 0.205 bits per heavy atom. The van der Waals surface area contributed by atoms with Crippen LogP contribution in [0.5, 0.6) is 0 Å². The highest BCUT2D eigenvalue weighted by atomic mass is 16.3. The Hall–Kier alpha value is -4.70. The lowest BCUT2D eigenvalue weighted by molar-refractivity contribution is 0.675. The lowest BCUT2D eigenvalue weighted by Crippen LogP contribution is -2.55. The normalized spacial score (nSPS) is 11.6. The van der Waals surface area contributed by atoms with Crippen LogP contribution < -0.4 is 142 Å². The van der Waals surface area contributed by atoms with Gasteiger partial charge in [-0.2, -0.15) is 0 Å². The molecule has 9 rings (SSSR count). The number of hydrogen-bond donors (Lipinski definition) is 0. The van der Waals surface area contributed by atoms with Gasteiger partial charge in [0.15, 0.2) is 17.5 Å². The van der Waals surface area contributed by atoms with E-state index in [1.165, 1.54) is 6.07 Å². The number of fused-ring (bicyclic) bond motifs is 4. The van der Waals surface area contributed by atoms with Crippen molar-refractivity contribution in [2.75, 3.05) is 0 Å². The molecule has 52 radical (unpaired) electrons. The third-order valence-electron chi connectivity index (χ3n) is 13.3. The first-order chi connectivity index (χ1) is 34.1. The Labute approximate surface area is 457 Å². The topological polar surface area (TPSA) is 51.8 Å². The van der Waals surface area contributed by atoms with Crippen LogP contribution in [0, 0.1) is 0 Å². The van der Waals surface area contributed by atoms with E-state index in [-0.39, 0.29) is 231 Å². The third-order valence-corrected chi connectivity index (χ3v) is 13.3. The van der Waals surface area contributed by atoms with Gasteiger partial charge in [0.1, 0.15) is 215 Å². The standard InChI is InChI=1S/C43HB26N3O/c44-2-1-3(45)5(15(46)4(2)7-17(48)20(51)10(21(52)18(7)49)8-16(47)9-11(22(53)19(8)50)24(55)30(61)29(60)23(9)54)41-70-42(72-43(71-41)14-27(58)32(63)35(66)33(64)28(14)59)13-6-12-25(56)31(62)36(67)38(69)40(12)73-39(6)37(68)34(65)26(13)57/h1H. The Morgan fingerprint density at radius 2 is 0.479 bits per heavy atom. The predicted octanol–water partition coefficient (Wildman–Crippen LogP) is -20.1. The van der Waals surface area contributed by atoms with Gasteiger partial charge in [0.25, 0.3) is 0 Å². The predicted molar refractivity (Wildman–Crippen MR) is 332 cm³/mol. The van der Waals surface area contributed by atoms with E-state index in [2.05, 4.69) is 0 Å². The van der Waals surface area contributed by atoms with E-state index in [0.717, 1.165) is 0 Å². The Bertz CT molecular complexity index is 4000. The van der Waals surface area contributed by atoms with Crippen molar-refractivity contribution in [1.29, 1.82) is 0 Å². The maximum absolute atomic E-state index is 7.12. The molecule has 0 amide bonds. The van der Waals surface area contributed by atoms with Gasteiger partial charge in [0.2, 0.25) is 0 Å². The quantitative estimate of drug-likeness (QED) is 0.162. The highest BCUT2D eigenvalue weighted by molar-refractivity contribution is 6.75. The van der Waals surface area contributed by atoms with Crippen LogP contribution in [-0.4, -0.2) is 219 Å². The van der Waals surface area contributed by atoms with E-state index in [0.29, 0.717) is 0 Å². The Kier molecular flexibility index (Phi) is 13.5. The van der Waals surface area contributed by atoms with Crippen LogP contribution in [0.2, 0.25) is 0 Å². The van der Waals surface area contributed by atoms with Crippen LogP contribution in [0.4, 0.5) is 0 Å². The molecule has 0 N–H and O–H groups in total. The molecule has 0 saturated carbocycles. The highest BCUT2D eigenvalue weighted by Crippen LogP contribution is 2.32. The second-order valence-electron chi connectivity index (χ2n) is 17.2. The molecule has 0 aliphatic carbocycles. The average molecular weight is 857 g/mol. The van der Waals surface area contributed by atoms with Gasteiger partial charge in [-0.15, -0.1) is 43.7 Å². The van der Waals surface area contributed by atoms with Crippen molar-refractivity contribution in [1.82, 2.24) is 15.0 Å². The molecule has 0 bridgehead atoms. The Morgan fingerprint density at radius 3 is 0.973 bits per heavy atom. The zero-order valence-corrected chi connectivity index (χ0v) is 38.3. The van der Waals surface area contributed by atoms with Crippen molar-refractivity contribution in [3.8, 4) is 56.4 Å². The fraction of sp³-hybridized carbons (Fsp3) is 0. The molecule has 0 saturated heterocycles. The number of rotatable bonds is 5. The third kappa shape index (κ3) is 7.52. The van der Waals surface area contributed by atoms with E-state index in [4.69, 9.17) is 223 Å². The van der Waals surface area contributed by atoms with Gasteiger partial charge in [-0.05, 0) is 33.0 Å². The minimum absolute atomic E-state index is 0.00965. The monoisotopic (exact) mass is 861 g/mol. The number of hydrogen-bond acceptors (Lipinski definition) is 4. The zero-order valence-electron chi connectivity index (χ0n) is 38.3. The second-order valence-corrected chi connectivity index (χ2v) is 17.2. The molecular weight excluding hydrogens is 856 g/mol. The van der Waals surface area contributed by atoms with E-state index in [1.807, 2.05) is 0 Å². The lowest BCUT2D eigenvalue weighted by Gasteiger charge is -2.30. The number of nitrogens with zero attached hydrogens (tertiary/aromatic N) is 3. The smallest absolute Gasteiger partial charge is 0.164 e. The maximum atomic E-state index is 7.12. The molecule has 30 heteroatoms. The second kappa shape index (κ2) is 18.5. The number of aromatic nitrogens is 3. The van der Waals surface area contributed by atoms with Gasteiger partial charge in [-0.25, -0.2) is 15.0 Å². The molecule has 0 unspecified atom stereocenters. The Balaban J connectivity index is 1.38. The molecule has 0 atom stereocenters. The molecule has 2 aromatic heterocycles. The molecule has 9 aromatic rings. The van der Waals surface area contributed by atoms with Gasteiger partial charge in [-0.3, -0.25) is 0 Å². The van der Waals surface area contributed by atoms with Crippen LogP contribution in [-0.2, 0) is 0 Å². The van der Waals surface area contributed by atoms with Crippen LogP contribution >= 0.6 is 0 Å². The van der Waals surface area contributed by atoms with Gasteiger partial charge < -0.3 is 4.42 Å². The summed E-state index contributed by atoms with van der Waals surface area (Å²) in [6.07, 6.45) is 0. The summed E-state index contributed by atoms with van der Waals surface area (Å²) >= 11 is 0. The van der Waals surface area contributed by atoms with Crippen molar-refractivity contribution in [2.45, 2.75) is 0 Å². The summed E-state index contributed by atoms with van der Waals surface area (Å²) in [6, 6.07) is 1.32. The fourth-order valence-electron chi connectivity index (χ4n) is 9.27. The van der Waals surface area contributed by atoms with Gasteiger partial charge in [0.05, 0.1) is 0 Å². The molecule has 0 aliphatic heterocycles. The van der Waals surface area contributed by atoms with Gasteiger partial charge in [-0.1, -0.05) is 104 Å². The SMILES string of the molecule is [B]c1cc([B])c(-c2c([B])c([B])c(-c3c([B])c([B])c4c([B])c([B])c([B])c([B])c4c3[B])c([B])c2[B])c([B])c1-c1nc(-c2c([B])c([B])c([B])c([B])c2[B])nc(-c2c([B])c([B])c([B])c3oc4c([B])c([B])c([B])c([B])c4c23)n1. The summed E-state index contributed by atoms with van der Waals surface area (Å²) in [5.74, 6) is -0.857. The van der Waals surface area contributed by atoms with Crippen molar-refractivity contribution >= 4 is 379 Å². The van der Waals surface area contributed by atoms with Crippen LogP contribution in [0.15, 0.2) is 10.5 Å². The fourth-order valence-corrected chi connectivity index (χ4v) is 9.27. The summed E-state index contributed by atoms with van der Waals surface area (Å²) < 4.78 is 6.19. The largest absolute Gasteiger partial charge is 0.457 e. The minimum Gasteiger partial charge on any atom is -0.457 e. The first-order valence-corrected chi connectivity index (χ1v) is 21.1. The highest BCUT2D eigenvalue weighted by Gasteiger charge is 2.29. The molecule has 7 aromatic carbocycles. The van der Waals surface area contributed by atoms with E-state index in [1.54, 1.807) is 0 Å². The molecule has 73 heavy (non-hydrogen) atoms. The van der Waals surface area contributed by atoms with E-state index >= 15 is 0 Å². The maximum Gasteiger partial charge on any atom is 0.164 e. The van der Waals surface area contributed by atoms with Crippen molar-refractivity contribution < 1.29 is 4.42 Å². The molecule has 0 fully saturated rings. The van der Waals surface area contributed by atoms with Gasteiger partial charge in [0, 0.05) is 27.5 Å². The van der Waals surface area contributed by atoms with Crippen LogP contribution in [0.1, 0.15) is 0 Å². The summed E-state index contributed by atoms with van der Waals surface area (Å²) in [5.41, 5.74) is -3.85. The number of benzene rings is 7. The first kappa shape index (κ1) is 53.1. The van der Waals surface area contributed by atoms with Crippen LogP contribution in [0.3, 0.4) is 0 Å². The van der Waals surface area contributed by atoms with E-state index in [9.17, 15) is 0 Å². The van der Waals surface area contributed by atoms with Gasteiger partial charge >= 0.3 is 0 Å². The van der Waals surface area contributed by atoms with Crippen molar-refractivity contribution in [2.24, 2.45) is 0 Å². The molecule has 4 nitrogen and oxygen atoms in total. The molecule has 2 heterocycles. The summed E-state index contributed by atoms with van der Waals surface area (Å²) in [7, 11) is 171. The zero-order chi connectivity index (χ0) is 53.8.